The molecule has 0 radical (unpaired) electrons. The van der Waals surface area contributed by atoms with Crippen molar-refractivity contribution >= 4 is 29.1 Å². The minimum absolute atomic E-state index is 0.0101. The van der Waals surface area contributed by atoms with Crippen LogP contribution in [0.1, 0.15) is 135 Å². The van der Waals surface area contributed by atoms with Crippen LogP contribution in [0.25, 0.3) is 11.2 Å². The van der Waals surface area contributed by atoms with E-state index in [0.717, 1.165) is 44.1 Å². The van der Waals surface area contributed by atoms with Crippen LogP contribution in [-0.2, 0) is 19.1 Å². The number of methoxy groups -OCH3 is 1. The van der Waals surface area contributed by atoms with Gasteiger partial charge in [0.15, 0.2) is 11.2 Å². The first-order chi connectivity index (χ1) is 21.3. The van der Waals surface area contributed by atoms with Gasteiger partial charge in [0.1, 0.15) is 6.10 Å². The van der Waals surface area contributed by atoms with Gasteiger partial charge in [-0.05, 0) is 18.4 Å². The molecular weight excluding hydrogens is 558 g/mol. The smallest absolute Gasteiger partial charge is 0.309 e. The number of carbonyl (C=O) groups excluding carboxylic acids is 2. The fraction of sp³-hybridized carbons (Fsp3) is 0.735. The number of unbranched alkanes of at least 4 members (excludes halogenated alkanes) is 13. The molecule has 4 atom stereocenters. The SMILES string of the molecule is C=C1[C@@H](C(CCCCCCCCC)C(=O)OC)[C@@H](OC(=O)CCCCCCCCCC)C[C@@H]1n1cnc2c(=O)[nH]c(N)nc21. The highest BCUT2D eigenvalue weighted by Gasteiger charge is 2.47. The maximum Gasteiger partial charge on any atom is 0.309 e. The highest BCUT2D eigenvalue weighted by molar-refractivity contribution is 5.75. The van der Waals surface area contributed by atoms with E-state index in [9.17, 15) is 14.4 Å². The zero-order valence-electron chi connectivity index (χ0n) is 27.3. The first kappa shape index (κ1) is 35.3. The van der Waals surface area contributed by atoms with Crippen LogP contribution in [0.5, 0.6) is 0 Å². The van der Waals surface area contributed by atoms with Crippen molar-refractivity contribution in [1.82, 2.24) is 19.5 Å². The molecule has 0 aliphatic heterocycles. The van der Waals surface area contributed by atoms with Gasteiger partial charge in [-0.2, -0.15) is 4.98 Å². The van der Waals surface area contributed by atoms with Crippen molar-refractivity contribution in [3.05, 3.63) is 28.8 Å². The summed E-state index contributed by atoms with van der Waals surface area (Å²) in [5.74, 6) is -1.50. The number of hydrogen-bond acceptors (Lipinski definition) is 8. The second-order valence-electron chi connectivity index (χ2n) is 12.4. The molecule has 1 aliphatic rings. The minimum Gasteiger partial charge on any atom is -0.469 e. The summed E-state index contributed by atoms with van der Waals surface area (Å²) in [7, 11) is 1.40. The molecule has 0 saturated heterocycles. The number of fused-ring (bicyclic) bond motifs is 1. The van der Waals surface area contributed by atoms with Gasteiger partial charge in [-0.1, -0.05) is 110 Å². The zero-order valence-corrected chi connectivity index (χ0v) is 27.3. The second kappa shape index (κ2) is 18.6. The van der Waals surface area contributed by atoms with E-state index in [1.165, 1.54) is 64.9 Å². The van der Waals surface area contributed by atoms with E-state index in [0.29, 0.717) is 24.9 Å². The molecule has 10 nitrogen and oxygen atoms in total. The van der Waals surface area contributed by atoms with Gasteiger partial charge in [-0.15, -0.1) is 0 Å². The van der Waals surface area contributed by atoms with Gasteiger partial charge >= 0.3 is 11.9 Å². The summed E-state index contributed by atoms with van der Waals surface area (Å²) in [5, 5.41) is 0. The van der Waals surface area contributed by atoms with E-state index in [1.54, 1.807) is 10.9 Å². The number of imidazole rings is 1. The van der Waals surface area contributed by atoms with Crippen molar-refractivity contribution < 1.29 is 19.1 Å². The van der Waals surface area contributed by atoms with Crippen LogP contribution >= 0.6 is 0 Å². The third-order valence-electron chi connectivity index (χ3n) is 9.07. The lowest BCUT2D eigenvalue weighted by Crippen LogP contribution is -2.34. The summed E-state index contributed by atoms with van der Waals surface area (Å²) in [4.78, 5) is 49.9. The lowest BCUT2D eigenvalue weighted by atomic mass is 9.82. The molecule has 3 N–H and O–H groups in total. The molecular formula is C34H55N5O5. The predicted molar refractivity (Wildman–Crippen MR) is 174 cm³/mol. The zero-order chi connectivity index (χ0) is 31.9. The largest absolute Gasteiger partial charge is 0.469 e. The van der Waals surface area contributed by atoms with Crippen molar-refractivity contribution in [1.29, 1.82) is 0 Å². The summed E-state index contributed by atoms with van der Waals surface area (Å²) in [6.45, 7) is 8.84. The number of esters is 2. The van der Waals surface area contributed by atoms with Crippen LogP contribution in [0.15, 0.2) is 23.3 Å². The van der Waals surface area contributed by atoms with E-state index < -0.39 is 23.5 Å². The van der Waals surface area contributed by atoms with Crippen molar-refractivity contribution in [2.45, 2.75) is 142 Å². The number of nitrogens with one attached hydrogen (secondary N) is 1. The van der Waals surface area contributed by atoms with Gasteiger partial charge in [-0.3, -0.25) is 19.4 Å². The van der Waals surface area contributed by atoms with E-state index in [4.69, 9.17) is 15.2 Å². The van der Waals surface area contributed by atoms with Crippen LogP contribution in [0.3, 0.4) is 0 Å². The molecule has 3 rings (SSSR count). The van der Waals surface area contributed by atoms with Gasteiger partial charge in [0.2, 0.25) is 5.95 Å². The standard InChI is InChI=1S/C34H55N5O5/c1-5-7-9-11-13-15-17-19-21-28(40)44-27-22-26(39-23-36-30-31(39)37-34(35)38-32(30)41)24(3)29(27)25(33(42)43-4)20-18-16-14-12-10-8-6-2/h23,25-27,29H,3,5-22H2,1-2,4H3,(H3,35,37,38,41)/t25?,26-,27-,29-/m0/s1. The number of rotatable bonds is 21. The maximum absolute atomic E-state index is 13.2. The number of anilines is 1. The van der Waals surface area contributed by atoms with Gasteiger partial charge in [0, 0.05) is 18.8 Å². The number of nitrogen functional groups attached to an aromatic ring is 1. The number of aromatic amines is 1. The molecule has 0 amide bonds. The maximum atomic E-state index is 13.2. The monoisotopic (exact) mass is 613 g/mol. The number of ether oxygens (including phenoxy) is 2. The lowest BCUT2D eigenvalue weighted by Gasteiger charge is -2.28. The third kappa shape index (κ3) is 9.92. The average Bonchev–Trinajstić information content (AvgIpc) is 3.56. The predicted octanol–water partition coefficient (Wildman–Crippen LogP) is 7.19. The Morgan fingerprint density at radius 3 is 2.20 bits per heavy atom. The number of H-pyrrole nitrogens is 1. The minimum atomic E-state index is -0.556. The van der Waals surface area contributed by atoms with Crippen molar-refractivity contribution in [3.8, 4) is 0 Å². The fourth-order valence-corrected chi connectivity index (χ4v) is 6.63. The number of hydrogen-bond donors (Lipinski definition) is 2. The van der Waals surface area contributed by atoms with Crippen molar-refractivity contribution in [3.63, 3.8) is 0 Å². The Hall–Kier alpha value is -3.17. The second-order valence-corrected chi connectivity index (χ2v) is 12.4. The highest BCUT2D eigenvalue weighted by Crippen LogP contribution is 2.47. The van der Waals surface area contributed by atoms with Crippen LogP contribution in [0.2, 0.25) is 0 Å². The molecule has 0 aromatic carbocycles. The van der Waals surface area contributed by atoms with E-state index in [1.807, 2.05) is 0 Å². The topological polar surface area (TPSA) is 142 Å². The van der Waals surface area contributed by atoms with Gasteiger partial charge in [0.05, 0.1) is 25.4 Å². The number of nitrogens with two attached hydrogens (primary N) is 1. The Morgan fingerprint density at radius 1 is 1.00 bits per heavy atom. The Balaban J connectivity index is 1.74. The molecule has 0 bridgehead atoms. The van der Waals surface area contributed by atoms with Crippen LogP contribution in [-0.4, -0.2) is 44.7 Å². The normalized spacial score (nSPS) is 19.0. The molecule has 1 fully saturated rings. The molecule has 2 aromatic rings. The number of nitrogens with zero attached hydrogens (tertiary/aromatic N) is 3. The van der Waals surface area contributed by atoms with Crippen LogP contribution in [0.4, 0.5) is 5.95 Å². The summed E-state index contributed by atoms with van der Waals surface area (Å²) < 4.78 is 13.2. The Kier molecular flexibility index (Phi) is 14.9. The summed E-state index contributed by atoms with van der Waals surface area (Å²) in [6.07, 6.45) is 19.4. The molecule has 0 spiro atoms. The van der Waals surface area contributed by atoms with E-state index >= 15 is 0 Å². The van der Waals surface area contributed by atoms with Gasteiger partial charge in [-0.25, -0.2) is 4.98 Å². The van der Waals surface area contributed by atoms with Crippen molar-refractivity contribution in [2.75, 3.05) is 12.8 Å². The fourth-order valence-electron chi connectivity index (χ4n) is 6.63. The summed E-state index contributed by atoms with van der Waals surface area (Å²) in [5.41, 5.74) is 6.68. The average molecular weight is 614 g/mol. The van der Waals surface area contributed by atoms with E-state index in [-0.39, 0.29) is 29.4 Å². The molecule has 44 heavy (non-hydrogen) atoms. The van der Waals surface area contributed by atoms with Crippen molar-refractivity contribution in [2.24, 2.45) is 11.8 Å². The highest BCUT2D eigenvalue weighted by atomic mass is 16.5. The lowest BCUT2D eigenvalue weighted by molar-refractivity contribution is -0.157. The van der Waals surface area contributed by atoms with Gasteiger partial charge in [0.25, 0.3) is 5.56 Å². The molecule has 1 unspecified atom stereocenters. The summed E-state index contributed by atoms with van der Waals surface area (Å²) >= 11 is 0. The Morgan fingerprint density at radius 2 is 1.59 bits per heavy atom. The molecule has 246 valence electrons. The third-order valence-corrected chi connectivity index (χ3v) is 9.07. The van der Waals surface area contributed by atoms with E-state index in [2.05, 4.69) is 35.4 Å². The first-order valence-corrected chi connectivity index (χ1v) is 17.0. The molecule has 10 heteroatoms. The Labute approximate surface area is 262 Å². The Bertz CT molecular complexity index is 1250. The number of aromatic nitrogens is 4. The molecule has 2 heterocycles. The number of carbonyl (C=O) groups is 2. The molecule has 1 aliphatic carbocycles. The molecule has 2 aromatic heterocycles. The van der Waals surface area contributed by atoms with Crippen LogP contribution < -0.4 is 11.3 Å². The van der Waals surface area contributed by atoms with Crippen LogP contribution in [0, 0.1) is 11.8 Å². The first-order valence-electron chi connectivity index (χ1n) is 17.0. The quantitative estimate of drug-likeness (QED) is 0.0855. The molecule has 1 saturated carbocycles. The summed E-state index contributed by atoms with van der Waals surface area (Å²) in [6, 6.07) is -0.374. The van der Waals surface area contributed by atoms with Gasteiger partial charge < -0.3 is 19.8 Å².